The van der Waals surface area contributed by atoms with E-state index in [1.54, 1.807) is 25.4 Å². The molecular weight excluding hydrogens is 268 g/mol. The van der Waals surface area contributed by atoms with Gasteiger partial charge in [-0.25, -0.2) is 4.98 Å². The van der Waals surface area contributed by atoms with E-state index in [9.17, 15) is 4.79 Å². The molecule has 0 radical (unpaired) electrons. The van der Waals surface area contributed by atoms with Crippen LogP contribution in [0.15, 0.2) is 36.7 Å². The topological polar surface area (TPSA) is 76.1 Å². The SMILES string of the molecule is CCCNc1cncc(C(=O)Nc2ccccc2OC)n1. The molecule has 1 aromatic heterocycles. The van der Waals surface area contributed by atoms with E-state index in [-0.39, 0.29) is 11.6 Å². The summed E-state index contributed by atoms with van der Waals surface area (Å²) in [5.74, 6) is 0.857. The molecule has 6 heteroatoms. The van der Waals surface area contributed by atoms with Crippen LogP contribution in [-0.4, -0.2) is 29.5 Å². The summed E-state index contributed by atoms with van der Waals surface area (Å²) in [5.41, 5.74) is 0.848. The molecule has 0 fully saturated rings. The molecule has 2 rings (SSSR count). The lowest BCUT2D eigenvalue weighted by atomic mass is 10.3. The van der Waals surface area contributed by atoms with E-state index in [2.05, 4.69) is 27.5 Å². The van der Waals surface area contributed by atoms with Gasteiger partial charge in [-0.1, -0.05) is 19.1 Å². The third-order valence-corrected chi connectivity index (χ3v) is 2.78. The average molecular weight is 286 g/mol. The molecule has 1 amide bonds. The fraction of sp³-hybridized carbons (Fsp3) is 0.267. The molecule has 0 unspecified atom stereocenters. The van der Waals surface area contributed by atoms with Crippen LogP contribution in [0.1, 0.15) is 23.8 Å². The van der Waals surface area contributed by atoms with Gasteiger partial charge >= 0.3 is 0 Å². The van der Waals surface area contributed by atoms with Crippen LogP contribution in [0.5, 0.6) is 5.75 Å². The smallest absolute Gasteiger partial charge is 0.276 e. The third kappa shape index (κ3) is 3.92. The highest BCUT2D eigenvalue weighted by molar-refractivity contribution is 6.03. The number of anilines is 2. The van der Waals surface area contributed by atoms with E-state index in [0.29, 0.717) is 17.3 Å². The lowest BCUT2D eigenvalue weighted by Gasteiger charge is -2.10. The number of carbonyl (C=O) groups excluding carboxylic acids is 1. The number of amides is 1. The summed E-state index contributed by atoms with van der Waals surface area (Å²) >= 11 is 0. The molecule has 0 bridgehead atoms. The molecule has 110 valence electrons. The molecule has 21 heavy (non-hydrogen) atoms. The van der Waals surface area contributed by atoms with Gasteiger partial charge in [0.25, 0.3) is 5.91 Å². The number of hydrogen-bond acceptors (Lipinski definition) is 5. The van der Waals surface area contributed by atoms with Gasteiger partial charge in [0, 0.05) is 6.54 Å². The molecule has 0 saturated carbocycles. The van der Waals surface area contributed by atoms with Gasteiger partial charge in [0.2, 0.25) is 0 Å². The van der Waals surface area contributed by atoms with Gasteiger partial charge < -0.3 is 15.4 Å². The van der Waals surface area contributed by atoms with Crippen LogP contribution in [-0.2, 0) is 0 Å². The number of para-hydroxylation sites is 2. The van der Waals surface area contributed by atoms with E-state index in [1.807, 2.05) is 12.1 Å². The van der Waals surface area contributed by atoms with Crippen LogP contribution in [0.4, 0.5) is 11.5 Å². The van der Waals surface area contributed by atoms with Gasteiger partial charge in [0.1, 0.15) is 17.3 Å². The van der Waals surface area contributed by atoms with Crippen LogP contribution < -0.4 is 15.4 Å². The Morgan fingerprint density at radius 1 is 1.29 bits per heavy atom. The first-order valence-electron chi connectivity index (χ1n) is 6.75. The molecular formula is C15H18N4O2. The molecule has 0 aliphatic carbocycles. The summed E-state index contributed by atoms with van der Waals surface area (Å²) < 4.78 is 5.20. The molecule has 1 aromatic carbocycles. The van der Waals surface area contributed by atoms with Crippen LogP contribution in [0.25, 0.3) is 0 Å². The molecule has 0 saturated heterocycles. The van der Waals surface area contributed by atoms with E-state index in [1.165, 1.54) is 6.20 Å². The van der Waals surface area contributed by atoms with Gasteiger partial charge in [-0.15, -0.1) is 0 Å². The summed E-state index contributed by atoms with van der Waals surface area (Å²) in [6.07, 6.45) is 4.00. The summed E-state index contributed by atoms with van der Waals surface area (Å²) in [5, 5.41) is 5.86. The second-order valence-electron chi connectivity index (χ2n) is 4.37. The minimum absolute atomic E-state index is 0.252. The molecule has 0 spiro atoms. The Balaban J connectivity index is 2.13. The van der Waals surface area contributed by atoms with Crippen molar-refractivity contribution in [3.8, 4) is 5.75 Å². The first-order chi connectivity index (χ1) is 10.2. The Morgan fingerprint density at radius 3 is 2.86 bits per heavy atom. The number of aromatic nitrogens is 2. The van der Waals surface area contributed by atoms with Crippen molar-refractivity contribution >= 4 is 17.4 Å². The van der Waals surface area contributed by atoms with Crippen molar-refractivity contribution in [2.45, 2.75) is 13.3 Å². The third-order valence-electron chi connectivity index (χ3n) is 2.78. The molecule has 1 heterocycles. The zero-order chi connectivity index (χ0) is 15.1. The van der Waals surface area contributed by atoms with Crippen molar-refractivity contribution in [3.05, 3.63) is 42.4 Å². The minimum Gasteiger partial charge on any atom is -0.495 e. The second kappa shape index (κ2) is 7.23. The lowest BCUT2D eigenvalue weighted by molar-refractivity contribution is 0.102. The fourth-order valence-corrected chi connectivity index (χ4v) is 1.75. The van der Waals surface area contributed by atoms with Gasteiger partial charge in [-0.3, -0.25) is 9.78 Å². The standard InChI is InChI=1S/C15H18N4O2/c1-3-8-17-14-10-16-9-12(18-14)15(20)19-11-6-4-5-7-13(11)21-2/h4-7,9-10H,3,8H2,1-2H3,(H,17,18)(H,19,20). The molecule has 0 atom stereocenters. The predicted octanol–water partition coefficient (Wildman–Crippen LogP) is 2.56. The van der Waals surface area contributed by atoms with E-state index >= 15 is 0 Å². The highest BCUT2D eigenvalue weighted by Crippen LogP contribution is 2.23. The van der Waals surface area contributed by atoms with Gasteiger partial charge in [0.15, 0.2) is 0 Å². The molecule has 0 aliphatic heterocycles. The van der Waals surface area contributed by atoms with E-state index < -0.39 is 0 Å². The fourth-order valence-electron chi connectivity index (χ4n) is 1.75. The Hall–Kier alpha value is -2.63. The predicted molar refractivity (Wildman–Crippen MR) is 81.8 cm³/mol. The number of nitrogens with zero attached hydrogens (tertiary/aromatic N) is 2. The van der Waals surface area contributed by atoms with Crippen molar-refractivity contribution in [1.82, 2.24) is 9.97 Å². The molecule has 6 nitrogen and oxygen atoms in total. The van der Waals surface area contributed by atoms with Crippen LogP contribution >= 0.6 is 0 Å². The van der Waals surface area contributed by atoms with Crippen molar-refractivity contribution in [3.63, 3.8) is 0 Å². The minimum atomic E-state index is -0.327. The number of carbonyl (C=O) groups is 1. The first kappa shape index (κ1) is 14.8. The van der Waals surface area contributed by atoms with Crippen molar-refractivity contribution in [1.29, 1.82) is 0 Å². The summed E-state index contributed by atoms with van der Waals surface area (Å²) in [7, 11) is 1.56. The van der Waals surface area contributed by atoms with E-state index in [4.69, 9.17) is 4.74 Å². The number of rotatable bonds is 6. The lowest BCUT2D eigenvalue weighted by Crippen LogP contribution is -2.15. The van der Waals surface area contributed by atoms with E-state index in [0.717, 1.165) is 13.0 Å². The average Bonchev–Trinajstić information content (AvgIpc) is 2.53. The Labute approximate surface area is 123 Å². The van der Waals surface area contributed by atoms with Crippen LogP contribution in [0.2, 0.25) is 0 Å². The van der Waals surface area contributed by atoms with Crippen molar-refractivity contribution in [2.75, 3.05) is 24.3 Å². The second-order valence-corrected chi connectivity index (χ2v) is 4.37. The van der Waals surface area contributed by atoms with Gasteiger partial charge in [0.05, 0.1) is 25.2 Å². The zero-order valence-electron chi connectivity index (χ0n) is 12.1. The zero-order valence-corrected chi connectivity index (χ0v) is 12.1. The van der Waals surface area contributed by atoms with Crippen LogP contribution in [0.3, 0.4) is 0 Å². The number of ether oxygens (including phenoxy) is 1. The van der Waals surface area contributed by atoms with Gasteiger partial charge in [-0.2, -0.15) is 0 Å². The Morgan fingerprint density at radius 2 is 2.10 bits per heavy atom. The van der Waals surface area contributed by atoms with Crippen molar-refractivity contribution in [2.24, 2.45) is 0 Å². The number of hydrogen-bond donors (Lipinski definition) is 2. The molecule has 2 aromatic rings. The largest absolute Gasteiger partial charge is 0.495 e. The molecule has 0 aliphatic rings. The number of benzene rings is 1. The van der Waals surface area contributed by atoms with Gasteiger partial charge in [-0.05, 0) is 18.6 Å². The quantitative estimate of drug-likeness (QED) is 0.853. The summed E-state index contributed by atoms with van der Waals surface area (Å²) in [6.45, 7) is 2.84. The Bertz CT molecular complexity index is 616. The maximum atomic E-state index is 12.2. The molecule has 2 N–H and O–H groups in total. The normalized spacial score (nSPS) is 10.0. The summed E-state index contributed by atoms with van der Waals surface area (Å²) in [6, 6.07) is 7.20. The van der Waals surface area contributed by atoms with Crippen LogP contribution in [0, 0.1) is 0 Å². The number of methoxy groups -OCH3 is 1. The highest BCUT2D eigenvalue weighted by atomic mass is 16.5. The number of nitrogens with one attached hydrogen (secondary N) is 2. The summed E-state index contributed by atoms with van der Waals surface area (Å²) in [4.78, 5) is 20.5. The highest BCUT2D eigenvalue weighted by Gasteiger charge is 2.11. The first-order valence-corrected chi connectivity index (χ1v) is 6.75. The maximum Gasteiger partial charge on any atom is 0.276 e. The monoisotopic (exact) mass is 286 g/mol. The maximum absolute atomic E-state index is 12.2. The Kier molecular flexibility index (Phi) is 5.09. The van der Waals surface area contributed by atoms with Crippen molar-refractivity contribution < 1.29 is 9.53 Å².